The highest BCUT2D eigenvalue weighted by Crippen LogP contribution is 2.21. The molecule has 1 amide bonds. The maximum Gasteiger partial charge on any atom is 0.454 e. The molecule has 0 radical (unpaired) electrons. The molecular formula is C14H11F3N2O2. The van der Waals surface area contributed by atoms with Crippen LogP contribution < -0.4 is 5.32 Å². The summed E-state index contributed by atoms with van der Waals surface area (Å²) < 4.78 is 38.0. The molecule has 1 aromatic heterocycles. The van der Waals surface area contributed by atoms with Gasteiger partial charge in [-0.05, 0) is 18.2 Å². The molecule has 0 unspecified atom stereocenters. The van der Waals surface area contributed by atoms with Crippen molar-refractivity contribution in [3.63, 3.8) is 0 Å². The SMILES string of the molecule is O=C(Cn1ccc(C(=O)C(F)(F)F)c1)Nc1ccccc1. The monoisotopic (exact) mass is 296 g/mol. The van der Waals surface area contributed by atoms with E-state index in [0.29, 0.717) is 5.69 Å². The fraction of sp³-hybridized carbons (Fsp3) is 0.143. The highest BCUT2D eigenvalue weighted by atomic mass is 19.4. The zero-order valence-electron chi connectivity index (χ0n) is 10.7. The fourth-order valence-electron chi connectivity index (χ4n) is 1.72. The Hall–Kier alpha value is -2.57. The zero-order chi connectivity index (χ0) is 15.5. The van der Waals surface area contributed by atoms with Gasteiger partial charge in [-0.2, -0.15) is 13.2 Å². The van der Waals surface area contributed by atoms with Crippen molar-refractivity contribution < 1.29 is 22.8 Å². The van der Waals surface area contributed by atoms with Crippen LogP contribution in [0.5, 0.6) is 0 Å². The lowest BCUT2D eigenvalue weighted by Crippen LogP contribution is -2.22. The summed E-state index contributed by atoms with van der Waals surface area (Å²) in [5, 5.41) is 2.59. The summed E-state index contributed by atoms with van der Waals surface area (Å²) in [5.41, 5.74) is 0.0938. The maximum absolute atomic E-state index is 12.3. The quantitative estimate of drug-likeness (QED) is 0.882. The summed E-state index contributed by atoms with van der Waals surface area (Å²) in [5.74, 6) is -2.33. The number of benzene rings is 1. The number of carbonyl (C=O) groups excluding carboxylic acids is 2. The van der Waals surface area contributed by atoms with E-state index in [1.807, 2.05) is 0 Å². The third-order valence-corrected chi connectivity index (χ3v) is 2.65. The minimum atomic E-state index is -4.92. The van der Waals surface area contributed by atoms with Crippen molar-refractivity contribution in [2.24, 2.45) is 0 Å². The van der Waals surface area contributed by atoms with E-state index in [2.05, 4.69) is 5.32 Å². The lowest BCUT2D eigenvalue weighted by Gasteiger charge is -2.06. The highest BCUT2D eigenvalue weighted by molar-refractivity contribution is 6.00. The van der Waals surface area contributed by atoms with E-state index < -0.39 is 23.4 Å². The first-order valence-electron chi connectivity index (χ1n) is 5.98. The number of hydrogen-bond acceptors (Lipinski definition) is 2. The summed E-state index contributed by atoms with van der Waals surface area (Å²) >= 11 is 0. The molecule has 1 heterocycles. The van der Waals surface area contributed by atoms with E-state index in [-0.39, 0.29) is 6.54 Å². The summed E-state index contributed by atoms with van der Waals surface area (Å²) in [6.07, 6.45) is -2.66. The van der Waals surface area contributed by atoms with Gasteiger partial charge in [0.25, 0.3) is 5.78 Å². The number of anilines is 1. The summed E-state index contributed by atoms with van der Waals surface area (Å²) in [7, 11) is 0. The van der Waals surface area contributed by atoms with Crippen molar-refractivity contribution in [2.45, 2.75) is 12.7 Å². The number of aromatic nitrogens is 1. The third kappa shape index (κ3) is 3.95. The molecule has 0 aliphatic carbocycles. The van der Waals surface area contributed by atoms with Crippen molar-refractivity contribution in [3.05, 3.63) is 54.4 Å². The molecule has 0 saturated carbocycles. The van der Waals surface area contributed by atoms with Crippen molar-refractivity contribution in [2.75, 3.05) is 5.32 Å². The molecule has 7 heteroatoms. The third-order valence-electron chi connectivity index (χ3n) is 2.65. The molecular weight excluding hydrogens is 285 g/mol. The first kappa shape index (κ1) is 14.8. The molecule has 0 fully saturated rings. The Morgan fingerprint density at radius 1 is 1.10 bits per heavy atom. The molecule has 2 aromatic rings. The summed E-state index contributed by atoms with van der Waals surface area (Å²) in [4.78, 5) is 22.7. The van der Waals surface area contributed by atoms with E-state index in [1.165, 1.54) is 10.8 Å². The van der Waals surface area contributed by atoms with Crippen LogP contribution in [0.15, 0.2) is 48.8 Å². The second kappa shape index (κ2) is 5.82. The molecule has 0 bridgehead atoms. The van der Waals surface area contributed by atoms with Gasteiger partial charge in [-0.1, -0.05) is 18.2 Å². The van der Waals surface area contributed by atoms with Gasteiger partial charge >= 0.3 is 6.18 Å². The van der Waals surface area contributed by atoms with Crippen LogP contribution in [0.3, 0.4) is 0 Å². The average molecular weight is 296 g/mol. The molecule has 0 spiro atoms. The Bertz CT molecular complexity index is 648. The topological polar surface area (TPSA) is 51.1 Å². The van der Waals surface area contributed by atoms with Crippen LogP contribution >= 0.6 is 0 Å². The van der Waals surface area contributed by atoms with Gasteiger partial charge in [0.15, 0.2) is 0 Å². The minimum absolute atomic E-state index is 0.181. The fourth-order valence-corrected chi connectivity index (χ4v) is 1.72. The standard InChI is InChI=1S/C14H11F3N2O2/c15-14(16,17)13(21)10-6-7-19(8-10)9-12(20)18-11-4-2-1-3-5-11/h1-8H,9H2,(H,18,20). The molecule has 21 heavy (non-hydrogen) atoms. The van der Waals surface area contributed by atoms with E-state index in [9.17, 15) is 22.8 Å². The van der Waals surface area contributed by atoms with Gasteiger partial charge in [0.2, 0.25) is 5.91 Å². The van der Waals surface area contributed by atoms with Crippen LogP contribution in [0, 0.1) is 0 Å². The molecule has 0 aliphatic rings. The maximum atomic E-state index is 12.3. The number of carbonyl (C=O) groups is 2. The normalized spacial score (nSPS) is 11.2. The van der Waals surface area contributed by atoms with Gasteiger partial charge in [-0.15, -0.1) is 0 Å². The largest absolute Gasteiger partial charge is 0.454 e. The van der Waals surface area contributed by atoms with Gasteiger partial charge < -0.3 is 9.88 Å². The first-order chi connectivity index (χ1) is 9.86. The smallest absolute Gasteiger partial charge is 0.344 e. The minimum Gasteiger partial charge on any atom is -0.344 e. The Labute approximate surface area is 118 Å². The Balaban J connectivity index is 2.00. The lowest BCUT2D eigenvalue weighted by molar-refractivity contribution is -0.116. The molecule has 2 rings (SSSR count). The number of halogens is 3. The van der Waals surface area contributed by atoms with Crippen molar-refractivity contribution >= 4 is 17.4 Å². The van der Waals surface area contributed by atoms with Gasteiger partial charge in [0.1, 0.15) is 6.54 Å². The number of hydrogen-bond donors (Lipinski definition) is 1. The number of ketones is 1. The molecule has 1 aromatic carbocycles. The van der Waals surface area contributed by atoms with Crippen LogP contribution in [0.4, 0.5) is 18.9 Å². The van der Waals surface area contributed by atoms with Crippen LogP contribution in [0.2, 0.25) is 0 Å². The van der Waals surface area contributed by atoms with E-state index in [4.69, 9.17) is 0 Å². The van der Waals surface area contributed by atoms with Gasteiger partial charge in [0, 0.05) is 23.6 Å². The summed E-state index contributed by atoms with van der Waals surface area (Å²) in [6.45, 7) is -0.181. The van der Waals surface area contributed by atoms with Gasteiger partial charge in [-0.3, -0.25) is 9.59 Å². The predicted molar refractivity (Wildman–Crippen MR) is 69.9 cm³/mol. The van der Waals surface area contributed by atoms with Gasteiger partial charge in [-0.25, -0.2) is 0 Å². The number of alkyl halides is 3. The molecule has 0 atom stereocenters. The van der Waals surface area contributed by atoms with E-state index in [1.54, 1.807) is 30.3 Å². The van der Waals surface area contributed by atoms with Crippen LogP contribution in [0.1, 0.15) is 10.4 Å². The number of Topliss-reactive ketones (excluding diaryl/α,β-unsaturated/α-hetero) is 1. The van der Waals surface area contributed by atoms with Crippen LogP contribution in [-0.4, -0.2) is 22.4 Å². The number of nitrogens with zero attached hydrogens (tertiary/aromatic N) is 1. The van der Waals surface area contributed by atoms with Gasteiger partial charge in [0.05, 0.1) is 0 Å². The predicted octanol–water partition coefficient (Wildman–Crippen LogP) is 2.87. The van der Waals surface area contributed by atoms with Crippen molar-refractivity contribution in [1.29, 1.82) is 0 Å². The highest BCUT2D eigenvalue weighted by Gasteiger charge is 2.39. The van der Waals surface area contributed by atoms with Crippen LogP contribution in [0.25, 0.3) is 0 Å². The van der Waals surface area contributed by atoms with Crippen LogP contribution in [-0.2, 0) is 11.3 Å². The molecule has 0 aliphatic heterocycles. The number of para-hydroxylation sites is 1. The van der Waals surface area contributed by atoms with E-state index >= 15 is 0 Å². The second-order valence-electron chi connectivity index (χ2n) is 4.31. The summed E-state index contributed by atoms with van der Waals surface area (Å²) in [6, 6.07) is 9.68. The van der Waals surface area contributed by atoms with E-state index in [0.717, 1.165) is 12.3 Å². The number of amides is 1. The Morgan fingerprint density at radius 3 is 2.38 bits per heavy atom. The second-order valence-corrected chi connectivity index (χ2v) is 4.31. The molecule has 0 saturated heterocycles. The number of nitrogens with one attached hydrogen (secondary N) is 1. The number of rotatable bonds is 4. The zero-order valence-corrected chi connectivity index (χ0v) is 10.7. The molecule has 4 nitrogen and oxygen atoms in total. The van der Waals surface area contributed by atoms with Crippen molar-refractivity contribution in [1.82, 2.24) is 4.57 Å². The lowest BCUT2D eigenvalue weighted by atomic mass is 10.2. The Morgan fingerprint density at radius 2 is 1.76 bits per heavy atom. The first-order valence-corrected chi connectivity index (χ1v) is 5.98. The average Bonchev–Trinajstić information content (AvgIpc) is 2.86. The molecule has 110 valence electrons. The molecule has 1 N–H and O–H groups in total. The van der Waals surface area contributed by atoms with Crippen molar-refractivity contribution in [3.8, 4) is 0 Å². The Kier molecular flexibility index (Phi) is 4.11.